The Labute approximate surface area is 162 Å². The first-order valence-electron chi connectivity index (χ1n) is 9.03. The number of sulfonamides is 1. The number of aromatic amines is 1. The van der Waals surface area contributed by atoms with Crippen LogP contribution in [0.1, 0.15) is 24.6 Å². The van der Waals surface area contributed by atoms with Crippen molar-refractivity contribution >= 4 is 32.8 Å². The second-order valence-electron chi connectivity index (χ2n) is 6.90. The number of urea groups is 1. The van der Waals surface area contributed by atoms with Crippen LogP contribution in [0.15, 0.2) is 53.4 Å². The Morgan fingerprint density at radius 2 is 1.79 bits per heavy atom. The minimum atomic E-state index is -3.74. The molecule has 1 aliphatic rings. The van der Waals surface area contributed by atoms with Crippen LogP contribution in [-0.2, 0) is 10.0 Å². The van der Waals surface area contributed by atoms with E-state index in [2.05, 4.69) is 15.3 Å². The lowest BCUT2D eigenvalue weighted by Crippen LogP contribution is -2.40. The molecule has 3 aromatic rings. The smallest absolute Gasteiger partial charge is 0.321 e. The number of anilines is 1. The monoisotopic (exact) mass is 399 g/mol. The molecule has 2 heterocycles. The number of imidazole rings is 1. The van der Waals surface area contributed by atoms with Gasteiger partial charge in [0.2, 0.25) is 10.0 Å². The van der Waals surface area contributed by atoms with E-state index >= 15 is 0 Å². The van der Waals surface area contributed by atoms with Gasteiger partial charge in [0.25, 0.3) is 0 Å². The highest BCUT2D eigenvalue weighted by Crippen LogP contribution is 2.28. The van der Waals surface area contributed by atoms with Crippen LogP contribution < -0.4 is 10.5 Å². The van der Waals surface area contributed by atoms with Crippen molar-refractivity contribution in [3.8, 4) is 0 Å². The third kappa shape index (κ3) is 3.85. The number of para-hydroxylation sites is 2. The van der Waals surface area contributed by atoms with E-state index in [1.54, 1.807) is 4.90 Å². The van der Waals surface area contributed by atoms with Crippen LogP contribution >= 0.6 is 0 Å². The zero-order valence-electron chi connectivity index (χ0n) is 15.1. The summed E-state index contributed by atoms with van der Waals surface area (Å²) >= 11 is 0. The van der Waals surface area contributed by atoms with E-state index in [-0.39, 0.29) is 10.9 Å². The van der Waals surface area contributed by atoms with Gasteiger partial charge in [-0.05, 0) is 49.2 Å². The van der Waals surface area contributed by atoms with Gasteiger partial charge >= 0.3 is 6.03 Å². The van der Waals surface area contributed by atoms with Crippen molar-refractivity contribution in [2.24, 2.45) is 5.14 Å². The highest BCUT2D eigenvalue weighted by atomic mass is 32.2. The van der Waals surface area contributed by atoms with Crippen molar-refractivity contribution in [1.29, 1.82) is 0 Å². The van der Waals surface area contributed by atoms with E-state index in [1.807, 2.05) is 24.3 Å². The Hall–Kier alpha value is -2.91. The van der Waals surface area contributed by atoms with Gasteiger partial charge in [-0.1, -0.05) is 12.1 Å². The standard InChI is InChI=1S/C19H21N5O3S/c20-28(26,27)15-7-5-14(6-8-15)21-19(25)24-11-9-13(10-12-24)18-22-16-3-1-2-4-17(16)23-18/h1-8,13H,9-12H2,(H,21,25)(H,22,23)(H2,20,26,27). The summed E-state index contributed by atoms with van der Waals surface area (Å²) in [6, 6.07) is 13.5. The maximum atomic E-state index is 12.5. The van der Waals surface area contributed by atoms with E-state index in [0.717, 1.165) is 29.7 Å². The number of hydrogen-bond acceptors (Lipinski definition) is 4. The first-order valence-corrected chi connectivity index (χ1v) is 10.6. The van der Waals surface area contributed by atoms with Gasteiger partial charge in [-0.25, -0.2) is 23.3 Å². The van der Waals surface area contributed by atoms with E-state index in [1.165, 1.54) is 24.3 Å². The van der Waals surface area contributed by atoms with Crippen LogP contribution in [0.25, 0.3) is 11.0 Å². The Morgan fingerprint density at radius 1 is 1.11 bits per heavy atom. The van der Waals surface area contributed by atoms with Crippen LogP contribution in [0, 0.1) is 0 Å². The highest BCUT2D eigenvalue weighted by molar-refractivity contribution is 7.89. The molecular weight excluding hydrogens is 378 g/mol. The number of rotatable bonds is 3. The fraction of sp³-hybridized carbons (Fsp3) is 0.263. The Kier molecular flexibility index (Phi) is 4.78. The number of carbonyl (C=O) groups is 1. The number of carbonyl (C=O) groups excluding carboxylic acids is 1. The molecule has 9 heteroatoms. The van der Waals surface area contributed by atoms with Gasteiger partial charge in [0.1, 0.15) is 5.82 Å². The molecule has 4 rings (SSSR count). The first kappa shape index (κ1) is 18.5. The lowest BCUT2D eigenvalue weighted by atomic mass is 9.96. The summed E-state index contributed by atoms with van der Waals surface area (Å²) in [5, 5.41) is 7.87. The predicted molar refractivity (Wildman–Crippen MR) is 106 cm³/mol. The number of amides is 2. The summed E-state index contributed by atoms with van der Waals surface area (Å²) in [5.41, 5.74) is 2.51. The van der Waals surface area contributed by atoms with Crippen molar-refractivity contribution in [3.63, 3.8) is 0 Å². The SMILES string of the molecule is NS(=O)(=O)c1ccc(NC(=O)N2CCC(c3nc4ccccc4[nH]3)CC2)cc1. The number of fused-ring (bicyclic) bond motifs is 1. The van der Waals surface area contributed by atoms with Crippen molar-refractivity contribution in [2.45, 2.75) is 23.7 Å². The largest absolute Gasteiger partial charge is 0.342 e. The molecule has 146 valence electrons. The molecule has 1 fully saturated rings. The lowest BCUT2D eigenvalue weighted by Gasteiger charge is -2.31. The normalized spacial score (nSPS) is 15.7. The first-order chi connectivity index (χ1) is 13.4. The molecule has 0 saturated carbocycles. The Morgan fingerprint density at radius 3 is 2.43 bits per heavy atom. The van der Waals surface area contributed by atoms with Gasteiger partial charge in [0.15, 0.2) is 0 Å². The molecule has 0 atom stereocenters. The van der Waals surface area contributed by atoms with Crippen LogP contribution in [0.3, 0.4) is 0 Å². The summed E-state index contributed by atoms with van der Waals surface area (Å²) in [5.74, 6) is 1.27. The second-order valence-corrected chi connectivity index (χ2v) is 8.46. The number of likely N-dealkylation sites (tertiary alicyclic amines) is 1. The number of primary sulfonamides is 1. The average Bonchev–Trinajstić information content (AvgIpc) is 3.12. The molecule has 1 aromatic heterocycles. The van der Waals surface area contributed by atoms with Gasteiger partial charge in [-0.15, -0.1) is 0 Å². The molecule has 0 radical (unpaired) electrons. The van der Waals surface area contributed by atoms with Gasteiger partial charge < -0.3 is 15.2 Å². The van der Waals surface area contributed by atoms with Crippen molar-refractivity contribution in [1.82, 2.24) is 14.9 Å². The Balaban J connectivity index is 1.36. The van der Waals surface area contributed by atoms with Gasteiger partial charge in [-0.3, -0.25) is 0 Å². The zero-order valence-corrected chi connectivity index (χ0v) is 15.9. The topological polar surface area (TPSA) is 121 Å². The lowest BCUT2D eigenvalue weighted by molar-refractivity contribution is 0.193. The Bertz CT molecular complexity index is 1070. The average molecular weight is 399 g/mol. The van der Waals surface area contributed by atoms with Crippen LogP contribution in [0.4, 0.5) is 10.5 Å². The molecule has 8 nitrogen and oxygen atoms in total. The van der Waals surface area contributed by atoms with Crippen LogP contribution in [-0.4, -0.2) is 42.4 Å². The van der Waals surface area contributed by atoms with Crippen LogP contribution in [0.2, 0.25) is 0 Å². The number of piperidine rings is 1. The van der Waals surface area contributed by atoms with E-state index < -0.39 is 10.0 Å². The fourth-order valence-corrected chi connectivity index (χ4v) is 3.97. The minimum absolute atomic E-state index is 0.0112. The molecule has 0 bridgehead atoms. The van der Waals surface area contributed by atoms with E-state index in [4.69, 9.17) is 5.14 Å². The fourth-order valence-electron chi connectivity index (χ4n) is 3.45. The predicted octanol–water partition coefficient (Wildman–Crippen LogP) is 2.62. The minimum Gasteiger partial charge on any atom is -0.342 e. The van der Waals surface area contributed by atoms with E-state index in [9.17, 15) is 13.2 Å². The molecule has 0 aliphatic carbocycles. The number of nitrogens with two attached hydrogens (primary N) is 1. The molecule has 1 saturated heterocycles. The van der Waals surface area contributed by atoms with E-state index in [0.29, 0.717) is 24.7 Å². The highest BCUT2D eigenvalue weighted by Gasteiger charge is 2.25. The summed E-state index contributed by atoms with van der Waals surface area (Å²) in [4.78, 5) is 22.3. The van der Waals surface area contributed by atoms with Crippen LogP contribution in [0.5, 0.6) is 0 Å². The zero-order chi connectivity index (χ0) is 19.7. The summed E-state index contributed by atoms with van der Waals surface area (Å²) < 4.78 is 22.6. The van der Waals surface area contributed by atoms with Gasteiger partial charge in [0, 0.05) is 24.7 Å². The molecular formula is C19H21N5O3S. The number of nitrogens with one attached hydrogen (secondary N) is 2. The van der Waals surface area contributed by atoms with Gasteiger partial charge in [0.05, 0.1) is 15.9 Å². The maximum absolute atomic E-state index is 12.5. The molecule has 2 amide bonds. The number of nitrogens with zero attached hydrogens (tertiary/aromatic N) is 2. The van der Waals surface area contributed by atoms with Crippen molar-refractivity contribution in [2.75, 3.05) is 18.4 Å². The second kappa shape index (κ2) is 7.25. The quantitative estimate of drug-likeness (QED) is 0.627. The van der Waals surface area contributed by atoms with Crippen molar-refractivity contribution < 1.29 is 13.2 Å². The molecule has 28 heavy (non-hydrogen) atoms. The summed E-state index contributed by atoms with van der Waals surface area (Å²) in [7, 11) is -3.74. The summed E-state index contributed by atoms with van der Waals surface area (Å²) in [6.07, 6.45) is 1.66. The summed E-state index contributed by atoms with van der Waals surface area (Å²) in [6.45, 7) is 1.26. The number of H-pyrrole nitrogens is 1. The molecule has 0 unspecified atom stereocenters. The molecule has 0 spiro atoms. The third-order valence-electron chi connectivity index (χ3n) is 5.01. The molecule has 2 aromatic carbocycles. The third-order valence-corrected chi connectivity index (χ3v) is 5.94. The molecule has 4 N–H and O–H groups in total. The van der Waals surface area contributed by atoms with Crippen molar-refractivity contribution in [3.05, 3.63) is 54.4 Å². The maximum Gasteiger partial charge on any atom is 0.321 e. The number of benzene rings is 2. The number of hydrogen-bond donors (Lipinski definition) is 3. The number of aromatic nitrogens is 2. The molecule has 1 aliphatic heterocycles. The van der Waals surface area contributed by atoms with Gasteiger partial charge in [-0.2, -0.15) is 0 Å².